The summed E-state index contributed by atoms with van der Waals surface area (Å²) in [5.74, 6) is -1.98. The van der Waals surface area contributed by atoms with Crippen molar-refractivity contribution in [3.63, 3.8) is 0 Å². The molecule has 1 amide bonds. The van der Waals surface area contributed by atoms with Crippen molar-refractivity contribution in [2.24, 2.45) is 11.8 Å². The second-order valence-corrected chi connectivity index (χ2v) is 5.56. The molecule has 1 aliphatic rings. The van der Waals surface area contributed by atoms with Gasteiger partial charge in [0.1, 0.15) is 0 Å². The monoisotopic (exact) mass is 299 g/mol. The molecule has 3 rings (SSSR count). The molecule has 0 bridgehead atoms. The number of nitrogens with zero attached hydrogens (tertiary/aromatic N) is 2. The Hall–Kier alpha value is -2.63. The lowest BCUT2D eigenvalue weighted by atomic mass is 10.1. The first kappa shape index (κ1) is 14.3. The first-order valence-corrected chi connectivity index (χ1v) is 7.19. The number of amides is 1. The molecule has 0 saturated heterocycles. The van der Waals surface area contributed by atoms with Crippen LogP contribution >= 0.6 is 0 Å². The van der Waals surface area contributed by atoms with Gasteiger partial charge < -0.3 is 10.4 Å². The highest BCUT2D eigenvalue weighted by Gasteiger charge is 2.48. The summed E-state index contributed by atoms with van der Waals surface area (Å²) in [5.41, 5.74) is 1.91. The Morgan fingerprint density at radius 3 is 2.59 bits per heavy atom. The topological polar surface area (TPSA) is 84.2 Å². The summed E-state index contributed by atoms with van der Waals surface area (Å²) >= 11 is 0. The molecule has 0 spiro atoms. The van der Waals surface area contributed by atoms with Gasteiger partial charge in [-0.3, -0.25) is 9.59 Å². The van der Waals surface area contributed by atoms with Crippen LogP contribution in [0, 0.1) is 11.8 Å². The highest BCUT2D eigenvalue weighted by Crippen LogP contribution is 2.39. The predicted octanol–water partition coefficient (Wildman–Crippen LogP) is 1.77. The van der Waals surface area contributed by atoms with Crippen molar-refractivity contribution in [2.75, 3.05) is 0 Å². The van der Waals surface area contributed by atoms with Crippen LogP contribution in [0.25, 0.3) is 5.69 Å². The van der Waals surface area contributed by atoms with E-state index in [1.165, 1.54) is 0 Å². The molecular weight excluding hydrogens is 282 g/mol. The maximum Gasteiger partial charge on any atom is 0.307 e. The van der Waals surface area contributed by atoms with E-state index >= 15 is 0 Å². The van der Waals surface area contributed by atoms with Crippen LogP contribution in [0.2, 0.25) is 0 Å². The molecule has 1 aromatic carbocycles. The van der Waals surface area contributed by atoms with E-state index < -0.39 is 11.9 Å². The molecule has 1 aliphatic carbocycles. The van der Waals surface area contributed by atoms with Crippen molar-refractivity contribution in [2.45, 2.75) is 19.4 Å². The zero-order chi connectivity index (χ0) is 15.7. The normalized spacial score (nSPS) is 21.1. The number of nitrogens with one attached hydrogen (secondary N) is 1. The minimum Gasteiger partial charge on any atom is -0.481 e. The van der Waals surface area contributed by atoms with Crippen molar-refractivity contribution in [3.05, 3.63) is 48.3 Å². The highest BCUT2D eigenvalue weighted by molar-refractivity contribution is 5.89. The largest absolute Gasteiger partial charge is 0.481 e. The van der Waals surface area contributed by atoms with E-state index in [1.54, 1.807) is 10.9 Å². The Bertz CT molecular complexity index is 679. The molecule has 1 heterocycles. The van der Waals surface area contributed by atoms with Gasteiger partial charge in [-0.2, -0.15) is 5.10 Å². The van der Waals surface area contributed by atoms with Crippen LogP contribution in [-0.4, -0.2) is 26.8 Å². The average Bonchev–Trinajstić information content (AvgIpc) is 3.14. The summed E-state index contributed by atoms with van der Waals surface area (Å²) in [6.45, 7) is 1.89. The van der Waals surface area contributed by atoms with Gasteiger partial charge in [-0.25, -0.2) is 4.68 Å². The van der Waals surface area contributed by atoms with Crippen LogP contribution in [0.15, 0.2) is 42.7 Å². The smallest absolute Gasteiger partial charge is 0.307 e. The van der Waals surface area contributed by atoms with E-state index in [1.807, 2.05) is 43.5 Å². The number of carboxylic acids is 1. The molecule has 0 aliphatic heterocycles. The van der Waals surface area contributed by atoms with Gasteiger partial charge in [0.25, 0.3) is 0 Å². The standard InChI is InChI=1S/C16H17N3O3/c1-10(18-15(20)13-9-14(13)16(21)22)11-3-5-12(6-4-11)19-8-2-7-17-19/h2-8,10,13-14H,9H2,1H3,(H,18,20)(H,21,22)/t10-,13+,14-/m0/s1. The lowest BCUT2D eigenvalue weighted by molar-refractivity contribution is -0.140. The molecule has 6 nitrogen and oxygen atoms in total. The van der Waals surface area contributed by atoms with E-state index in [2.05, 4.69) is 10.4 Å². The molecule has 6 heteroatoms. The number of aromatic nitrogens is 2. The summed E-state index contributed by atoms with van der Waals surface area (Å²) in [6, 6.07) is 9.43. The van der Waals surface area contributed by atoms with Gasteiger partial charge in [-0.15, -0.1) is 0 Å². The van der Waals surface area contributed by atoms with E-state index in [-0.39, 0.29) is 17.9 Å². The molecule has 0 unspecified atom stereocenters. The molecule has 1 saturated carbocycles. The van der Waals surface area contributed by atoms with Crippen LogP contribution in [0.5, 0.6) is 0 Å². The molecule has 114 valence electrons. The third kappa shape index (κ3) is 2.86. The molecule has 22 heavy (non-hydrogen) atoms. The maximum absolute atomic E-state index is 12.0. The lowest BCUT2D eigenvalue weighted by Crippen LogP contribution is -2.29. The van der Waals surface area contributed by atoms with Gasteiger partial charge in [-0.1, -0.05) is 12.1 Å². The fourth-order valence-corrected chi connectivity index (χ4v) is 2.50. The Balaban J connectivity index is 1.62. The number of benzene rings is 1. The third-order valence-corrected chi connectivity index (χ3v) is 3.97. The predicted molar refractivity (Wildman–Crippen MR) is 79.4 cm³/mol. The van der Waals surface area contributed by atoms with Crippen LogP contribution in [0.3, 0.4) is 0 Å². The highest BCUT2D eigenvalue weighted by atomic mass is 16.4. The Labute approximate surface area is 127 Å². The van der Waals surface area contributed by atoms with Gasteiger partial charge in [-0.05, 0) is 37.1 Å². The van der Waals surface area contributed by atoms with Crippen LogP contribution in [-0.2, 0) is 9.59 Å². The first-order chi connectivity index (χ1) is 10.6. The van der Waals surface area contributed by atoms with Crippen molar-refractivity contribution in [3.8, 4) is 5.69 Å². The Morgan fingerprint density at radius 1 is 1.32 bits per heavy atom. The van der Waals surface area contributed by atoms with Gasteiger partial charge in [0.2, 0.25) is 5.91 Å². The van der Waals surface area contributed by atoms with E-state index in [0.717, 1.165) is 11.3 Å². The minimum atomic E-state index is -0.892. The molecule has 1 aromatic heterocycles. The fourth-order valence-electron chi connectivity index (χ4n) is 2.50. The molecule has 0 radical (unpaired) electrons. The number of aliphatic carboxylic acids is 1. The average molecular weight is 299 g/mol. The van der Waals surface area contributed by atoms with Crippen molar-refractivity contribution in [1.82, 2.24) is 15.1 Å². The van der Waals surface area contributed by atoms with Crippen molar-refractivity contribution in [1.29, 1.82) is 0 Å². The van der Waals surface area contributed by atoms with E-state index in [0.29, 0.717) is 6.42 Å². The molecule has 3 atom stereocenters. The van der Waals surface area contributed by atoms with Gasteiger partial charge in [0, 0.05) is 12.4 Å². The van der Waals surface area contributed by atoms with Gasteiger partial charge >= 0.3 is 5.97 Å². The number of carboxylic acid groups (broad SMARTS) is 1. The molecule has 2 aromatic rings. The Morgan fingerprint density at radius 2 is 2.05 bits per heavy atom. The number of rotatable bonds is 5. The van der Waals surface area contributed by atoms with Crippen LogP contribution < -0.4 is 5.32 Å². The number of hydrogen-bond acceptors (Lipinski definition) is 3. The zero-order valence-corrected chi connectivity index (χ0v) is 12.1. The molecular formula is C16H17N3O3. The fraction of sp³-hybridized carbons (Fsp3) is 0.312. The second-order valence-electron chi connectivity index (χ2n) is 5.56. The maximum atomic E-state index is 12.0. The summed E-state index contributed by atoms with van der Waals surface area (Å²) in [7, 11) is 0. The zero-order valence-electron chi connectivity index (χ0n) is 12.1. The summed E-state index contributed by atoms with van der Waals surface area (Å²) in [4.78, 5) is 22.8. The molecule has 1 fully saturated rings. The first-order valence-electron chi connectivity index (χ1n) is 7.19. The van der Waals surface area contributed by atoms with Crippen molar-refractivity contribution >= 4 is 11.9 Å². The SMILES string of the molecule is C[C@H](NC(=O)[C@@H]1C[C@@H]1C(=O)O)c1ccc(-n2cccn2)cc1. The van der Waals surface area contributed by atoms with Crippen LogP contribution in [0.1, 0.15) is 24.9 Å². The number of carbonyl (C=O) groups is 2. The lowest BCUT2D eigenvalue weighted by Gasteiger charge is -2.15. The van der Waals surface area contributed by atoms with Gasteiger partial charge in [0.15, 0.2) is 0 Å². The second kappa shape index (κ2) is 5.63. The summed E-state index contributed by atoms with van der Waals surface area (Å²) < 4.78 is 1.76. The summed E-state index contributed by atoms with van der Waals surface area (Å²) in [6.07, 6.45) is 4.01. The third-order valence-electron chi connectivity index (χ3n) is 3.97. The molecule has 2 N–H and O–H groups in total. The van der Waals surface area contributed by atoms with E-state index in [9.17, 15) is 9.59 Å². The van der Waals surface area contributed by atoms with Crippen molar-refractivity contribution < 1.29 is 14.7 Å². The summed E-state index contributed by atoms with van der Waals surface area (Å²) in [5, 5.41) is 15.9. The van der Waals surface area contributed by atoms with Gasteiger partial charge in [0.05, 0.1) is 23.6 Å². The number of hydrogen-bond donors (Lipinski definition) is 2. The van der Waals surface area contributed by atoms with E-state index in [4.69, 9.17) is 5.11 Å². The minimum absolute atomic E-state index is 0.158. The number of carbonyl (C=O) groups excluding carboxylic acids is 1. The van der Waals surface area contributed by atoms with Crippen LogP contribution in [0.4, 0.5) is 0 Å². The quantitative estimate of drug-likeness (QED) is 0.881. The Kier molecular flexibility index (Phi) is 3.66.